The molecule has 0 saturated carbocycles. The molecule has 0 amide bonds. The fourth-order valence-electron chi connectivity index (χ4n) is 0.217. The first kappa shape index (κ1) is 12.8. The zero-order valence-corrected chi connectivity index (χ0v) is 8.80. The molecule has 60 valence electrons. The number of hydrogen-bond donors (Lipinski definition) is 1. The largest absolute Gasteiger partial charge is 0.331 e. The summed E-state index contributed by atoms with van der Waals surface area (Å²) in [5.74, 6) is 0. The van der Waals surface area contributed by atoms with Gasteiger partial charge in [0.25, 0.3) is 21.2 Å². The van der Waals surface area contributed by atoms with Gasteiger partial charge in [-0.15, -0.1) is 0 Å². The standard InChI is InChI=1S/C6H10I.C2H7N/c1-3-5-7-6-4-2;1-2-3/h3-4H,1-2,5-6H2;2-3H2,1H3/q+1;. The van der Waals surface area contributed by atoms with E-state index in [2.05, 4.69) is 13.2 Å². The third kappa shape index (κ3) is 24.2. The summed E-state index contributed by atoms with van der Waals surface area (Å²) in [4.78, 5) is 0. The van der Waals surface area contributed by atoms with E-state index < -0.39 is 0 Å². The van der Waals surface area contributed by atoms with Crippen LogP contribution in [0.5, 0.6) is 0 Å². The van der Waals surface area contributed by atoms with Crippen LogP contribution in [0, 0.1) is 0 Å². The van der Waals surface area contributed by atoms with Crippen molar-refractivity contribution >= 4 is 0 Å². The summed E-state index contributed by atoms with van der Waals surface area (Å²) in [7, 11) is 0. The van der Waals surface area contributed by atoms with Crippen molar-refractivity contribution in [3.05, 3.63) is 25.3 Å². The van der Waals surface area contributed by atoms with Crippen LogP contribution in [0.3, 0.4) is 0 Å². The fraction of sp³-hybridized carbons (Fsp3) is 0.500. The Kier molecular flexibility index (Phi) is 20.6. The third-order valence-corrected chi connectivity index (χ3v) is 2.93. The van der Waals surface area contributed by atoms with Gasteiger partial charge < -0.3 is 5.73 Å². The number of alkyl halides is 2. The number of hydrogen-bond acceptors (Lipinski definition) is 1. The van der Waals surface area contributed by atoms with Crippen LogP contribution in [0.4, 0.5) is 0 Å². The van der Waals surface area contributed by atoms with Crippen LogP contribution >= 0.6 is 0 Å². The molecule has 0 radical (unpaired) electrons. The minimum atomic E-state index is 0.389. The Morgan fingerprint density at radius 2 is 1.60 bits per heavy atom. The molecule has 0 heterocycles. The molecule has 0 aromatic heterocycles. The van der Waals surface area contributed by atoms with Crippen LogP contribution in [0.1, 0.15) is 6.92 Å². The number of nitrogens with two attached hydrogens (primary N) is 1. The zero-order valence-electron chi connectivity index (χ0n) is 6.65. The highest BCUT2D eigenvalue weighted by molar-refractivity contribution is 4.65. The van der Waals surface area contributed by atoms with Gasteiger partial charge in [0.15, 0.2) is 8.86 Å². The van der Waals surface area contributed by atoms with Crippen LogP contribution < -0.4 is 26.9 Å². The van der Waals surface area contributed by atoms with Crippen molar-refractivity contribution in [2.24, 2.45) is 5.73 Å². The second-order valence-electron chi connectivity index (χ2n) is 1.48. The minimum absolute atomic E-state index is 0.389. The summed E-state index contributed by atoms with van der Waals surface area (Å²) in [5, 5.41) is 0. The van der Waals surface area contributed by atoms with Crippen LogP contribution in [0.25, 0.3) is 0 Å². The van der Waals surface area contributed by atoms with Crippen molar-refractivity contribution in [2.75, 3.05) is 15.4 Å². The molecule has 0 unspecified atom stereocenters. The first-order chi connectivity index (χ1) is 4.83. The maximum Gasteiger partial charge on any atom is 0.277 e. The van der Waals surface area contributed by atoms with Gasteiger partial charge in [-0.25, -0.2) is 0 Å². The van der Waals surface area contributed by atoms with E-state index in [0.29, 0.717) is 21.2 Å². The molecule has 10 heavy (non-hydrogen) atoms. The monoisotopic (exact) mass is 254 g/mol. The highest BCUT2D eigenvalue weighted by Crippen LogP contribution is 1.42. The molecule has 0 aromatic carbocycles. The Balaban J connectivity index is 0. The summed E-state index contributed by atoms with van der Waals surface area (Å²) in [6.45, 7) is 9.90. The molecule has 0 aliphatic carbocycles. The Morgan fingerprint density at radius 3 is 1.80 bits per heavy atom. The molecule has 0 aromatic rings. The normalized spacial score (nSPS) is 7.40. The summed E-state index contributed by atoms with van der Waals surface area (Å²) < 4.78 is 2.45. The summed E-state index contributed by atoms with van der Waals surface area (Å²) >= 11 is 0.389. The lowest BCUT2D eigenvalue weighted by atomic mass is 10.8. The average molecular weight is 254 g/mol. The maximum atomic E-state index is 4.85. The van der Waals surface area contributed by atoms with E-state index in [4.69, 9.17) is 5.73 Å². The van der Waals surface area contributed by atoms with E-state index in [1.165, 1.54) is 8.86 Å². The smallest absolute Gasteiger partial charge is 0.277 e. The van der Waals surface area contributed by atoms with Crippen LogP contribution in [0.2, 0.25) is 0 Å². The topological polar surface area (TPSA) is 26.0 Å². The van der Waals surface area contributed by atoms with Gasteiger partial charge in [-0.1, -0.05) is 20.1 Å². The van der Waals surface area contributed by atoms with Crippen LogP contribution in [0.15, 0.2) is 25.3 Å². The lowest BCUT2D eigenvalue weighted by molar-refractivity contribution is -0.636. The predicted octanol–water partition coefficient (Wildman–Crippen LogP) is -1.59. The van der Waals surface area contributed by atoms with Gasteiger partial charge in [0.2, 0.25) is 0 Å². The lowest BCUT2D eigenvalue weighted by Gasteiger charge is -1.65. The number of allylic oxidation sites excluding steroid dienone is 2. The SMILES string of the molecule is C=CC[I+]CC=C.CCN. The molecule has 0 bridgehead atoms. The van der Waals surface area contributed by atoms with Crippen molar-refractivity contribution in [1.82, 2.24) is 0 Å². The van der Waals surface area contributed by atoms with Crippen molar-refractivity contribution in [3.63, 3.8) is 0 Å². The Bertz CT molecular complexity index is 63.7. The van der Waals surface area contributed by atoms with E-state index in [9.17, 15) is 0 Å². The van der Waals surface area contributed by atoms with Gasteiger partial charge in [0.05, 0.1) is 0 Å². The van der Waals surface area contributed by atoms with Crippen LogP contribution in [-0.4, -0.2) is 15.4 Å². The predicted molar refractivity (Wildman–Crippen MR) is 44.9 cm³/mol. The van der Waals surface area contributed by atoms with Crippen molar-refractivity contribution in [2.45, 2.75) is 6.92 Å². The molecule has 0 rings (SSSR count). The van der Waals surface area contributed by atoms with Crippen molar-refractivity contribution in [3.8, 4) is 0 Å². The first-order valence-corrected chi connectivity index (χ1v) is 6.33. The van der Waals surface area contributed by atoms with E-state index in [1.54, 1.807) is 0 Å². The van der Waals surface area contributed by atoms with E-state index in [1.807, 2.05) is 19.1 Å². The highest BCUT2D eigenvalue weighted by Gasteiger charge is 1.94. The molecular weight excluding hydrogens is 237 g/mol. The Labute approximate surface area is 74.6 Å². The lowest BCUT2D eigenvalue weighted by Crippen LogP contribution is -3.63. The molecule has 2 N–H and O–H groups in total. The number of rotatable bonds is 4. The average Bonchev–Trinajstić information content (AvgIpc) is 1.91. The zero-order chi connectivity index (χ0) is 8.24. The fourth-order valence-corrected chi connectivity index (χ4v) is 1.46. The van der Waals surface area contributed by atoms with Gasteiger partial charge in [-0.05, 0) is 18.7 Å². The molecular formula is C8H17IN+. The Hall–Kier alpha value is 0.170. The van der Waals surface area contributed by atoms with Gasteiger partial charge >= 0.3 is 0 Å². The quantitative estimate of drug-likeness (QED) is 0.278. The van der Waals surface area contributed by atoms with Crippen LogP contribution in [-0.2, 0) is 0 Å². The molecule has 0 saturated heterocycles. The molecule has 0 spiro atoms. The maximum absolute atomic E-state index is 4.85. The number of halogens is 1. The molecule has 0 aliphatic heterocycles. The van der Waals surface area contributed by atoms with E-state index in [0.717, 1.165) is 6.54 Å². The third-order valence-electron chi connectivity index (χ3n) is 0.436. The van der Waals surface area contributed by atoms with E-state index >= 15 is 0 Å². The second kappa shape index (κ2) is 16.1. The van der Waals surface area contributed by atoms with Gasteiger partial charge in [0.1, 0.15) is 0 Å². The van der Waals surface area contributed by atoms with Crippen molar-refractivity contribution < 1.29 is 21.2 Å². The summed E-state index contributed by atoms with van der Waals surface area (Å²) in [6.07, 6.45) is 3.97. The van der Waals surface area contributed by atoms with E-state index in [-0.39, 0.29) is 0 Å². The van der Waals surface area contributed by atoms with Gasteiger partial charge in [-0.2, -0.15) is 0 Å². The summed E-state index contributed by atoms with van der Waals surface area (Å²) in [6, 6.07) is 0. The van der Waals surface area contributed by atoms with Crippen molar-refractivity contribution in [1.29, 1.82) is 0 Å². The molecule has 1 nitrogen and oxygen atoms in total. The molecule has 0 atom stereocenters. The minimum Gasteiger partial charge on any atom is -0.331 e. The summed E-state index contributed by atoms with van der Waals surface area (Å²) in [5.41, 5.74) is 4.85. The van der Waals surface area contributed by atoms with Gasteiger partial charge in [0, 0.05) is 0 Å². The molecule has 2 heteroatoms. The Morgan fingerprint density at radius 1 is 1.30 bits per heavy atom. The second-order valence-corrected chi connectivity index (χ2v) is 4.32. The highest BCUT2D eigenvalue weighted by atomic mass is 127. The van der Waals surface area contributed by atoms with Gasteiger partial charge in [-0.3, -0.25) is 0 Å². The molecule has 0 aliphatic rings. The molecule has 0 fully saturated rings. The first-order valence-electron chi connectivity index (χ1n) is 3.28.